The summed E-state index contributed by atoms with van der Waals surface area (Å²) in [5.41, 5.74) is 1.77. The molecule has 0 saturated heterocycles. The monoisotopic (exact) mass is 185 g/mol. The van der Waals surface area contributed by atoms with Gasteiger partial charge in [-0.05, 0) is 0 Å². The summed E-state index contributed by atoms with van der Waals surface area (Å²) in [6.07, 6.45) is 3.56. The normalized spacial score (nSPS) is 8.00. The molecule has 0 atom stereocenters. The molecule has 2 rings (SSSR count). The van der Waals surface area contributed by atoms with E-state index >= 15 is 0 Å². The first-order chi connectivity index (χ1) is 5.97. The predicted molar refractivity (Wildman–Crippen MR) is 53.6 cm³/mol. The van der Waals surface area contributed by atoms with E-state index in [0.717, 1.165) is 4.96 Å². The molecule has 0 bridgehead atoms. The molecule has 0 aromatic carbocycles. The maximum atomic E-state index is 4.00. The lowest BCUT2D eigenvalue weighted by atomic mass is 11.0. The van der Waals surface area contributed by atoms with Crippen molar-refractivity contribution in [1.29, 1.82) is 0 Å². The zero-order valence-electron chi connectivity index (χ0n) is 7.98. The van der Waals surface area contributed by atoms with Crippen molar-refractivity contribution >= 4 is 16.3 Å². The highest BCUT2D eigenvalue weighted by Gasteiger charge is 1.90. The van der Waals surface area contributed by atoms with Crippen molar-refractivity contribution in [2.45, 2.75) is 27.7 Å². The molecule has 0 aliphatic rings. The first-order valence-electron chi connectivity index (χ1n) is 4.19. The van der Waals surface area contributed by atoms with Crippen LogP contribution in [0.3, 0.4) is 0 Å². The molecule has 0 amide bonds. The fourth-order valence-electron chi connectivity index (χ4n) is 0.577. The molecule has 12 heavy (non-hydrogen) atoms. The number of rotatable bonds is 0. The van der Waals surface area contributed by atoms with Gasteiger partial charge in [-0.15, -0.1) is 0 Å². The second-order valence-corrected chi connectivity index (χ2v) is 2.20. The van der Waals surface area contributed by atoms with Crippen molar-refractivity contribution in [2.24, 2.45) is 0 Å². The quantitative estimate of drug-likeness (QED) is 0.631. The van der Waals surface area contributed by atoms with E-state index in [-0.39, 0.29) is 0 Å². The zero-order chi connectivity index (χ0) is 9.40. The van der Waals surface area contributed by atoms with Gasteiger partial charge in [0.25, 0.3) is 0 Å². The number of imidazole rings is 1. The lowest BCUT2D eigenvalue weighted by molar-refractivity contribution is 0.974. The van der Waals surface area contributed by atoms with E-state index in [0.29, 0.717) is 0 Å². The van der Waals surface area contributed by atoms with Crippen molar-refractivity contribution in [3.8, 4) is 0 Å². The van der Waals surface area contributed by atoms with Crippen molar-refractivity contribution in [3.63, 3.8) is 0 Å². The van der Waals surface area contributed by atoms with Gasteiger partial charge in [-0.25, -0.2) is 9.50 Å². The summed E-state index contributed by atoms with van der Waals surface area (Å²) in [6.45, 7) is 8.00. The van der Waals surface area contributed by atoms with Crippen LogP contribution in [0.2, 0.25) is 0 Å². The van der Waals surface area contributed by atoms with E-state index in [1.165, 1.54) is 11.3 Å². The van der Waals surface area contributed by atoms with Crippen LogP contribution in [0.5, 0.6) is 0 Å². The highest BCUT2D eigenvalue weighted by atomic mass is 32.1. The summed E-state index contributed by atoms with van der Waals surface area (Å²) in [6, 6.07) is 0. The summed E-state index contributed by atoms with van der Waals surface area (Å²) in [4.78, 5) is 4.95. The third-order valence-corrected chi connectivity index (χ3v) is 1.62. The highest BCUT2D eigenvalue weighted by Crippen LogP contribution is 2.02. The van der Waals surface area contributed by atoms with E-state index in [1.807, 2.05) is 33.9 Å². The molecule has 0 radical (unpaired) electrons. The van der Waals surface area contributed by atoms with Crippen molar-refractivity contribution in [1.82, 2.24) is 14.6 Å². The summed E-state index contributed by atoms with van der Waals surface area (Å²) < 4.78 is 1.74. The average Bonchev–Trinajstić information content (AvgIpc) is 2.72. The topological polar surface area (TPSA) is 30.2 Å². The van der Waals surface area contributed by atoms with Crippen molar-refractivity contribution in [3.05, 3.63) is 17.9 Å². The molecule has 0 aliphatic heterocycles. The Hall–Kier alpha value is -0.900. The zero-order valence-corrected chi connectivity index (χ0v) is 8.80. The Kier molecular flexibility index (Phi) is 6.28. The second kappa shape index (κ2) is 6.79. The van der Waals surface area contributed by atoms with E-state index in [9.17, 15) is 0 Å². The molecular formula is C8H15N3S. The van der Waals surface area contributed by atoms with Gasteiger partial charge in [0.2, 0.25) is 4.96 Å². The summed E-state index contributed by atoms with van der Waals surface area (Å²) in [7, 11) is 0. The number of hydrogen-bond acceptors (Lipinski definition) is 3. The lowest BCUT2D eigenvalue weighted by Gasteiger charge is -1.69. The van der Waals surface area contributed by atoms with Gasteiger partial charge in [-0.1, -0.05) is 39.0 Å². The number of fused-ring (bicyclic) bond motifs is 1. The molecule has 0 fully saturated rings. The summed E-state index contributed by atoms with van der Waals surface area (Å²) in [5, 5.41) is 3.95. The van der Waals surface area contributed by atoms with Crippen LogP contribution < -0.4 is 0 Å². The lowest BCUT2D eigenvalue weighted by Crippen LogP contribution is -1.74. The maximum absolute atomic E-state index is 4.00. The molecule has 3 nitrogen and oxygen atoms in total. The molecule has 0 aliphatic carbocycles. The molecule has 2 aromatic heterocycles. The number of nitrogens with zero attached hydrogens (tertiary/aromatic N) is 3. The largest absolute Gasteiger partial charge is 0.226 e. The van der Waals surface area contributed by atoms with Crippen LogP contribution in [0, 0.1) is 0 Å². The van der Waals surface area contributed by atoms with Gasteiger partial charge in [0.05, 0.1) is 6.20 Å². The Morgan fingerprint density at radius 2 is 1.92 bits per heavy atom. The second-order valence-electron chi connectivity index (χ2n) is 1.39. The van der Waals surface area contributed by atoms with E-state index in [2.05, 4.69) is 10.1 Å². The van der Waals surface area contributed by atoms with Crippen LogP contribution in [-0.4, -0.2) is 14.6 Å². The molecular weight excluding hydrogens is 170 g/mol. The third kappa shape index (κ3) is 2.62. The Balaban J connectivity index is 0.000000269. The van der Waals surface area contributed by atoms with E-state index in [1.54, 1.807) is 16.2 Å². The van der Waals surface area contributed by atoms with Gasteiger partial charge >= 0.3 is 0 Å². The Morgan fingerprint density at radius 1 is 1.25 bits per heavy atom. The number of aromatic nitrogens is 3. The average molecular weight is 185 g/mol. The fourth-order valence-corrected chi connectivity index (χ4v) is 1.16. The molecule has 0 N–H and O–H groups in total. The van der Waals surface area contributed by atoms with Crippen LogP contribution in [0.25, 0.3) is 4.96 Å². The van der Waals surface area contributed by atoms with Crippen LogP contribution in [0.4, 0.5) is 0 Å². The standard InChI is InChI=1S/C4H3N3S.2C2H6/c1-2-7-4(5-1)8-3-6-7;2*1-2/h1-3H;2*1-2H3. The van der Waals surface area contributed by atoms with E-state index in [4.69, 9.17) is 0 Å². The molecule has 2 heterocycles. The first kappa shape index (κ1) is 11.1. The van der Waals surface area contributed by atoms with Gasteiger partial charge in [-0.3, -0.25) is 0 Å². The SMILES string of the molecule is CC.CC.c1cn2ncsc2n1. The first-order valence-corrected chi connectivity index (χ1v) is 5.07. The van der Waals surface area contributed by atoms with Gasteiger partial charge < -0.3 is 0 Å². The molecule has 0 spiro atoms. The van der Waals surface area contributed by atoms with Crippen molar-refractivity contribution < 1.29 is 0 Å². The summed E-state index contributed by atoms with van der Waals surface area (Å²) >= 11 is 1.53. The maximum Gasteiger partial charge on any atom is 0.211 e. The molecule has 4 heteroatoms. The number of hydrogen-bond donors (Lipinski definition) is 0. The molecule has 68 valence electrons. The van der Waals surface area contributed by atoms with Crippen LogP contribution >= 0.6 is 11.3 Å². The third-order valence-electron chi connectivity index (χ3n) is 0.918. The van der Waals surface area contributed by atoms with Crippen LogP contribution in [-0.2, 0) is 0 Å². The predicted octanol–water partition coefficient (Wildman–Crippen LogP) is 2.84. The Labute approximate surface area is 77.1 Å². The Morgan fingerprint density at radius 3 is 2.50 bits per heavy atom. The molecule has 2 aromatic rings. The van der Waals surface area contributed by atoms with Gasteiger partial charge in [0.15, 0.2) is 0 Å². The minimum Gasteiger partial charge on any atom is -0.226 e. The van der Waals surface area contributed by atoms with Crippen molar-refractivity contribution in [2.75, 3.05) is 0 Å². The minimum absolute atomic E-state index is 0.949. The summed E-state index contributed by atoms with van der Waals surface area (Å²) in [5.74, 6) is 0. The highest BCUT2D eigenvalue weighted by molar-refractivity contribution is 7.14. The smallest absolute Gasteiger partial charge is 0.211 e. The van der Waals surface area contributed by atoms with Crippen LogP contribution in [0.1, 0.15) is 27.7 Å². The van der Waals surface area contributed by atoms with Gasteiger partial charge in [-0.2, -0.15) is 5.10 Å². The van der Waals surface area contributed by atoms with Gasteiger partial charge in [0, 0.05) is 6.20 Å². The molecule has 0 unspecified atom stereocenters. The Bertz CT molecular complexity index is 236. The van der Waals surface area contributed by atoms with Gasteiger partial charge in [0.1, 0.15) is 5.51 Å². The fraction of sp³-hybridized carbons (Fsp3) is 0.500. The van der Waals surface area contributed by atoms with Crippen LogP contribution in [0.15, 0.2) is 17.9 Å². The molecule has 0 saturated carbocycles. The van der Waals surface area contributed by atoms with E-state index < -0.39 is 0 Å². The minimum atomic E-state index is 0.949.